The topological polar surface area (TPSA) is 101 Å². The predicted octanol–water partition coefficient (Wildman–Crippen LogP) is 4.26. The largest absolute Gasteiger partial charge is 0.497 e. The summed E-state index contributed by atoms with van der Waals surface area (Å²) in [6.45, 7) is 5.71. The molecule has 1 aromatic heterocycles. The molecule has 3 aromatic rings. The van der Waals surface area contributed by atoms with Crippen molar-refractivity contribution in [2.24, 2.45) is 4.99 Å². The number of hydrogen-bond acceptors (Lipinski definition) is 6. The van der Waals surface area contributed by atoms with Gasteiger partial charge < -0.3 is 15.4 Å². The van der Waals surface area contributed by atoms with Crippen LogP contribution >= 0.6 is 12.2 Å². The molecule has 0 atom stereocenters. The molecule has 0 unspecified atom stereocenters. The third-order valence-electron chi connectivity index (χ3n) is 4.55. The summed E-state index contributed by atoms with van der Waals surface area (Å²) in [5.74, 6) is 1.57. The molecule has 2 aromatic carbocycles. The Bertz CT molecular complexity index is 1160. The number of ether oxygens (including phenoxy) is 1. The molecule has 170 valence electrons. The quantitative estimate of drug-likeness (QED) is 0.216. The summed E-state index contributed by atoms with van der Waals surface area (Å²) in [7, 11) is 1.63. The number of aromatic nitrogens is 2. The van der Waals surface area contributed by atoms with Gasteiger partial charge in [-0.2, -0.15) is 0 Å². The van der Waals surface area contributed by atoms with Gasteiger partial charge in [0.05, 0.1) is 13.7 Å². The number of nitrogens with zero attached hydrogens (tertiary/aromatic N) is 3. The Morgan fingerprint density at radius 3 is 2.36 bits per heavy atom. The van der Waals surface area contributed by atoms with Gasteiger partial charge in [0.15, 0.2) is 10.9 Å². The van der Waals surface area contributed by atoms with Crippen LogP contribution in [0.2, 0.25) is 0 Å². The number of methoxy groups -OCH3 is 1. The first-order valence-corrected chi connectivity index (χ1v) is 10.7. The number of thiocarbonyl (C=S) groups is 1. The summed E-state index contributed by atoms with van der Waals surface area (Å²) in [5.41, 5.74) is 4.02. The van der Waals surface area contributed by atoms with Crippen molar-refractivity contribution in [1.29, 1.82) is 0 Å². The first-order valence-electron chi connectivity index (χ1n) is 10.3. The van der Waals surface area contributed by atoms with Crippen molar-refractivity contribution < 1.29 is 9.53 Å². The number of hydrogen-bond donors (Lipinski definition) is 3. The summed E-state index contributed by atoms with van der Waals surface area (Å²) in [6, 6.07) is 16.6. The van der Waals surface area contributed by atoms with Gasteiger partial charge in [-0.05, 0) is 81.0 Å². The van der Waals surface area contributed by atoms with Crippen LogP contribution < -0.4 is 20.7 Å². The Hall–Kier alpha value is -3.85. The van der Waals surface area contributed by atoms with Gasteiger partial charge in [-0.1, -0.05) is 12.1 Å². The van der Waals surface area contributed by atoms with E-state index < -0.39 is 0 Å². The predicted molar refractivity (Wildman–Crippen MR) is 135 cm³/mol. The smallest absolute Gasteiger partial charge is 0.229 e. The van der Waals surface area contributed by atoms with Crippen LogP contribution in [0, 0.1) is 13.8 Å². The van der Waals surface area contributed by atoms with E-state index in [0.29, 0.717) is 29.1 Å². The maximum absolute atomic E-state index is 11.5. The van der Waals surface area contributed by atoms with Gasteiger partial charge in [-0.3, -0.25) is 10.1 Å². The highest BCUT2D eigenvalue weighted by Gasteiger charge is 2.08. The Morgan fingerprint density at radius 2 is 1.73 bits per heavy atom. The van der Waals surface area contributed by atoms with Crippen LogP contribution in [0.4, 0.5) is 11.6 Å². The van der Waals surface area contributed by atoms with E-state index >= 15 is 0 Å². The average Bonchev–Trinajstić information content (AvgIpc) is 2.77. The fourth-order valence-corrected chi connectivity index (χ4v) is 3.21. The summed E-state index contributed by atoms with van der Waals surface area (Å²) < 4.78 is 5.29. The van der Waals surface area contributed by atoms with Crippen LogP contribution in [0.5, 0.6) is 5.75 Å². The number of ketones is 1. The van der Waals surface area contributed by atoms with Crippen molar-refractivity contribution in [3.63, 3.8) is 0 Å². The number of rotatable bonds is 6. The van der Waals surface area contributed by atoms with Gasteiger partial charge in [0.1, 0.15) is 5.75 Å². The molecule has 3 rings (SSSR count). The number of aliphatic imine (C=N–C) groups is 1. The number of carbonyl (C=O) groups excluding carboxylic acids is 1. The molecule has 0 aliphatic carbocycles. The number of guanidine groups is 1. The maximum atomic E-state index is 11.5. The minimum Gasteiger partial charge on any atom is -0.497 e. The molecular formula is C24H26N6O2S. The van der Waals surface area contributed by atoms with E-state index in [1.807, 2.05) is 44.2 Å². The molecule has 9 heteroatoms. The van der Waals surface area contributed by atoms with Crippen LogP contribution in [0.1, 0.15) is 34.2 Å². The lowest BCUT2D eigenvalue weighted by atomic mass is 10.1. The summed E-state index contributed by atoms with van der Waals surface area (Å²) in [4.78, 5) is 24.9. The van der Waals surface area contributed by atoms with Crippen LogP contribution in [-0.4, -0.2) is 33.9 Å². The van der Waals surface area contributed by atoms with Gasteiger partial charge >= 0.3 is 0 Å². The highest BCUT2D eigenvalue weighted by Crippen LogP contribution is 2.14. The van der Waals surface area contributed by atoms with E-state index in [-0.39, 0.29) is 5.78 Å². The van der Waals surface area contributed by atoms with E-state index in [0.717, 1.165) is 28.4 Å². The van der Waals surface area contributed by atoms with E-state index in [1.165, 1.54) is 6.92 Å². The second-order valence-corrected chi connectivity index (χ2v) is 7.74. The highest BCUT2D eigenvalue weighted by atomic mass is 32.1. The molecule has 1 heterocycles. The van der Waals surface area contributed by atoms with Crippen LogP contribution in [0.25, 0.3) is 0 Å². The molecule has 0 spiro atoms. The van der Waals surface area contributed by atoms with Crippen molar-refractivity contribution in [2.45, 2.75) is 27.3 Å². The number of aryl methyl sites for hydroxylation is 2. The van der Waals surface area contributed by atoms with Crippen molar-refractivity contribution in [3.8, 4) is 5.75 Å². The average molecular weight is 463 g/mol. The summed E-state index contributed by atoms with van der Waals surface area (Å²) in [6.07, 6.45) is 0. The number of nitrogens with one attached hydrogen (secondary N) is 3. The minimum atomic E-state index is 0.00635. The first kappa shape index (κ1) is 23.8. The molecule has 0 saturated carbocycles. The number of carbonyl (C=O) groups is 1. The van der Waals surface area contributed by atoms with Crippen molar-refractivity contribution in [3.05, 3.63) is 77.1 Å². The van der Waals surface area contributed by atoms with E-state index in [4.69, 9.17) is 17.0 Å². The van der Waals surface area contributed by atoms with Crippen LogP contribution in [-0.2, 0) is 6.54 Å². The van der Waals surface area contributed by atoms with Crippen molar-refractivity contribution in [2.75, 3.05) is 17.7 Å². The van der Waals surface area contributed by atoms with Crippen molar-refractivity contribution >= 4 is 40.7 Å². The van der Waals surface area contributed by atoms with Gasteiger partial charge in [-0.25, -0.2) is 15.0 Å². The number of Topliss-reactive ketones (excluding diaryl/α,β-unsaturated/α-hetero) is 1. The Kier molecular flexibility index (Phi) is 8.04. The van der Waals surface area contributed by atoms with E-state index in [9.17, 15) is 4.79 Å². The number of anilines is 2. The molecule has 0 aliphatic heterocycles. The molecule has 33 heavy (non-hydrogen) atoms. The zero-order valence-electron chi connectivity index (χ0n) is 19.0. The van der Waals surface area contributed by atoms with Gasteiger partial charge in [-0.15, -0.1) is 0 Å². The molecule has 0 amide bonds. The first-order chi connectivity index (χ1) is 15.8. The lowest BCUT2D eigenvalue weighted by molar-refractivity contribution is 0.101. The lowest BCUT2D eigenvalue weighted by Crippen LogP contribution is -2.39. The third-order valence-corrected chi connectivity index (χ3v) is 4.75. The Balaban J connectivity index is 1.77. The summed E-state index contributed by atoms with van der Waals surface area (Å²) in [5, 5.41) is 9.60. The minimum absolute atomic E-state index is 0.00635. The highest BCUT2D eigenvalue weighted by molar-refractivity contribution is 7.80. The fraction of sp³-hybridized carbons (Fsp3) is 0.208. The zero-order valence-corrected chi connectivity index (χ0v) is 19.8. The zero-order chi connectivity index (χ0) is 23.8. The molecular weight excluding hydrogens is 436 g/mol. The SMILES string of the molecule is COc1cccc(CN=C(NC(=S)Nc2ccc(C(C)=O)cc2)Nc2nc(C)cc(C)n2)c1. The molecule has 0 saturated heterocycles. The second-order valence-electron chi connectivity index (χ2n) is 7.33. The van der Waals surface area contributed by atoms with Crippen molar-refractivity contribution in [1.82, 2.24) is 15.3 Å². The molecule has 0 aliphatic rings. The number of benzene rings is 2. The fourth-order valence-electron chi connectivity index (χ4n) is 3.00. The molecule has 0 radical (unpaired) electrons. The van der Waals surface area contributed by atoms with Gasteiger partial charge in [0.2, 0.25) is 11.9 Å². The normalized spacial score (nSPS) is 11.0. The van der Waals surface area contributed by atoms with E-state index in [2.05, 4.69) is 30.9 Å². The molecule has 0 fully saturated rings. The summed E-state index contributed by atoms with van der Waals surface area (Å²) >= 11 is 5.46. The Morgan fingerprint density at radius 1 is 1.03 bits per heavy atom. The third kappa shape index (κ3) is 7.36. The standard InChI is InChI=1S/C24H26N6O2S/c1-15-12-16(2)27-23(26-15)29-22(25-14-18-6-5-7-21(13-18)32-4)30-24(33)28-20-10-8-19(9-11-20)17(3)31/h5-13H,14H2,1-4H3,(H3,25,26,27,28,29,30,33). The van der Waals surface area contributed by atoms with Gasteiger partial charge in [0, 0.05) is 22.6 Å². The molecule has 3 N–H and O–H groups in total. The van der Waals surface area contributed by atoms with Crippen LogP contribution in [0.15, 0.2) is 59.6 Å². The van der Waals surface area contributed by atoms with Crippen LogP contribution in [0.3, 0.4) is 0 Å². The Labute approximate surface area is 198 Å². The van der Waals surface area contributed by atoms with Gasteiger partial charge in [0.25, 0.3) is 0 Å². The molecule has 0 bridgehead atoms. The maximum Gasteiger partial charge on any atom is 0.229 e. The second kappa shape index (κ2) is 11.1. The molecule has 8 nitrogen and oxygen atoms in total. The van der Waals surface area contributed by atoms with E-state index in [1.54, 1.807) is 31.4 Å². The lowest BCUT2D eigenvalue weighted by Gasteiger charge is -2.14. The monoisotopic (exact) mass is 462 g/mol.